The molecule has 1 aliphatic rings. The SMILES string of the molecule is NC(=O)n1c(=O)n(Cc2ccccc2F)c(=O)c2ccc(C(=O)OCCCN3CCCCC3)cc21. The maximum Gasteiger partial charge on any atom is 0.340 e. The van der Waals surface area contributed by atoms with Crippen LogP contribution in [-0.4, -0.2) is 52.3 Å². The van der Waals surface area contributed by atoms with Crippen molar-refractivity contribution < 1.29 is 18.7 Å². The van der Waals surface area contributed by atoms with E-state index in [0.717, 1.165) is 24.2 Å². The standard InChI is InChI=1S/C25H27FN4O5/c26-20-8-3-2-7-18(20)16-29-22(31)19-10-9-17(15-21(19)30(24(27)33)25(29)34)23(32)35-14-6-13-28-11-4-1-5-12-28/h2-3,7-10,15H,1,4-6,11-14,16H2,(H2,27,33). The van der Waals surface area contributed by atoms with Gasteiger partial charge in [-0.3, -0.25) is 9.36 Å². The second kappa shape index (κ2) is 10.6. The Hall–Kier alpha value is -3.79. The van der Waals surface area contributed by atoms with Gasteiger partial charge in [0.05, 0.1) is 29.6 Å². The Labute approximate surface area is 200 Å². The Morgan fingerprint density at radius 3 is 2.49 bits per heavy atom. The minimum absolute atomic E-state index is 0.0126. The zero-order valence-corrected chi connectivity index (χ0v) is 19.2. The summed E-state index contributed by atoms with van der Waals surface area (Å²) in [5.74, 6) is -1.23. The second-order valence-electron chi connectivity index (χ2n) is 8.56. The van der Waals surface area contributed by atoms with Crippen LogP contribution in [-0.2, 0) is 11.3 Å². The van der Waals surface area contributed by atoms with Gasteiger partial charge in [0.1, 0.15) is 5.82 Å². The van der Waals surface area contributed by atoms with Gasteiger partial charge in [-0.15, -0.1) is 0 Å². The van der Waals surface area contributed by atoms with Crippen LogP contribution >= 0.6 is 0 Å². The highest BCUT2D eigenvalue weighted by molar-refractivity contribution is 5.96. The fourth-order valence-corrected chi connectivity index (χ4v) is 4.35. The van der Waals surface area contributed by atoms with Crippen molar-refractivity contribution in [1.82, 2.24) is 14.0 Å². The number of carbonyl (C=O) groups excluding carboxylic acids is 2. The van der Waals surface area contributed by atoms with Crippen molar-refractivity contribution in [3.05, 3.63) is 80.2 Å². The average molecular weight is 483 g/mol. The Balaban J connectivity index is 1.59. The number of fused-ring (bicyclic) bond motifs is 1. The van der Waals surface area contributed by atoms with E-state index in [1.807, 2.05) is 0 Å². The first-order valence-electron chi connectivity index (χ1n) is 11.6. The fourth-order valence-electron chi connectivity index (χ4n) is 4.35. The van der Waals surface area contributed by atoms with Crippen LogP contribution in [0.4, 0.5) is 9.18 Å². The predicted molar refractivity (Wildman–Crippen MR) is 128 cm³/mol. The van der Waals surface area contributed by atoms with Crippen LogP contribution in [0.3, 0.4) is 0 Å². The van der Waals surface area contributed by atoms with Gasteiger partial charge >= 0.3 is 17.7 Å². The molecule has 1 saturated heterocycles. The van der Waals surface area contributed by atoms with Crippen molar-refractivity contribution in [2.45, 2.75) is 32.2 Å². The summed E-state index contributed by atoms with van der Waals surface area (Å²) in [6.07, 6.45) is 4.30. The van der Waals surface area contributed by atoms with E-state index in [0.29, 0.717) is 11.0 Å². The minimum Gasteiger partial charge on any atom is -0.462 e. The van der Waals surface area contributed by atoms with Gasteiger partial charge in [0.25, 0.3) is 5.56 Å². The number of primary amides is 1. The lowest BCUT2D eigenvalue weighted by Gasteiger charge is -2.26. The summed E-state index contributed by atoms with van der Waals surface area (Å²) >= 11 is 0. The molecule has 1 amide bonds. The van der Waals surface area contributed by atoms with Crippen molar-refractivity contribution in [2.75, 3.05) is 26.2 Å². The molecule has 35 heavy (non-hydrogen) atoms. The third-order valence-electron chi connectivity index (χ3n) is 6.18. The first-order chi connectivity index (χ1) is 16.9. The molecule has 2 N–H and O–H groups in total. The summed E-state index contributed by atoms with van der Waals surface area (Å²) in [7, 11) is 0. The molecule has 0 unspecified atom stereocenters. The van der Waals surface area contributed by atoms with Crippen molar-refractivity contribution in [3.8, 4) is 0 Å². The topological polar surface area (TPSA) is 117 Å². The summed E-state index contributed by atoms with van der Waals surface area (Å²) < 4.78 is 20.8. The van der Waals surface area contributed by atoms with E-state index in [9.17, 15) is 23.6 Å². The molecule has 1 fully saturated rings. The zero-order chi connectivity index (χ0) is 24.9. The van der Waals surface area contributed by atoms with Crippen molar-refractivity contribution in [2.24, 2.45) is 5.73 Å². The van der Waals surface area contributed by atoms with E-state index in [1.54, 1.807) is 6.07 Å². The number of piperidine rings is 1. The Morgan fingerprint density at radius 2 is 1.77 bits per heavy atom. The van der Waals surface area contributed by atoms with Gasteiger partial charge in [0.15, 0.2) is 0 Å². The molecule has 184 valence electrons. The van der Waals surface area contributed by atoms with E-state index in [1.165, 1.54) is 55.7 Å². The molecule has 0 bridgehead atoms. The number of hydrogen-bond donors (Lipinski definition) is 1. The third-order valence-corrected chi connectivity index (χ3v) is 6.18. The molecule has 9 nitrogen and oxygen atoms in total. The average Bonchev–Trinajstić information content (AvgIpc) is 2.85. The largest absolute Gasteiger partial charge is 0.462 e. The van der Waals surface area contributed by atoms with Crippen LogP contribution in [0.2, 0.25) is 0 Å². The molecular formula is C25H27FN4O5. The highest BCUT2D eigenvalue weighted by Gasteiger charge is 2.19. The maximum atomic E-state index is 14.1. The van der Waals surface area contributed by atoms with Crippen LogP contribution in [0.5, 0.6) is 0 Å². The smallest absolute Gasteiger partial charge is 0.340 e. The molecular weight excluding hydrogens is 455 g/mol. The molecule has 4 rings (SSSR count). The third kappa shape index (κ3) is 5.32. The number of rotatable bonds is 7. The zero-order valence-electron chi connectivity index (χ0n) is 19.2. The number of carbonyl (C=O) groups is 2. The molecule has 0 spiro atoms. The molecule has 0 aliphatic carbocycles. The number of esters is 1. The molecule has 0 radical (unpaired) electrons. The van der Waals surface area contributed by atoms with Gasteiger partial charge in [-0.05, 0) is 56.6 Å². The van der Waals surface area contributed by atoms with E-state index in [4.69, 9.17) is 10.5 Å². The second-order valence-corrected chi connectivity index (χ2v) is 8.56. The fraction of sp³-hybridized carbons (Fsp3) is 0.360. The van der Waals surface area contributed by atoms with Gasteiger partial charge in [0, 0.05) is 12.1 Å². The molecule has 1 aromatic heterocycles. The molecule has 10 heteroatoms. The highest BCUT2D eigenvalue weighted by atomic mass is 19.1. The van der Waals surface area contributed by atoms with Crippen LogP contribution in [0, 0.1) is 5.82 Å². The number of halogens is 1. The van der Waals surface area contributed by atoms with Gasteiger partial charge in [-0.2, -0.15) is 0 Å². The number of amides is 1. The lowest BCUT2D eigenvalue weighted by atomic mass is 10.1. The van der Waals surface area contributed by atoms with Crippen molar-refractivity contribution in [1.29, 1.82) is 0 Å². The first kappa shape index (κ1) is 24.3. The number of aromatic nitrogens is 2. The Kier molecular flexibility index (Phi) is 7.40. The summed E-state index contributed by atoms with van der Waals surface area (Å²) in [4.78, 5) is 53.1. The predicted octanol–water partition coefficient (Wildman–Crippen LogP) is 2.31. The summed E-state index contributed by atoms with van der Waals surface area (Å²) in [6.45, 7) is 2.79. The van der Waals surface area contributed by atoms with E-state index in [2.05, 4.69) is 4.90 Å². The molecule has 0 atom stereocenters. The molecule has 0 saturated carbocycles. The van der Waals surface area contributed by atoms with E-state index < -0.39 is 29.1 Å². The van der Waals surface area contributed by atoms with Gasteiger partial charge in [0.2, 0.25) is 0 Å². The number of nitrogens with zero attached hydrogens (tertiary/aromatic N) is 3. The van der Waals surface area contributed by atoms with Gasteiger partial charge in [-0.1, -0.05) is 24.6 Å². The lowest BCUT2D eigenvalue weighted by molar-refractivity contribution is 0.0485. The Bertz CT molecular complexity index is 1370. The van der Waals surface area contributed by atoms with E-state index in [-0.39, 0.29) is 35.2 Å². The Morgan fingerprint density at radius 1 is 1.03 bits per heavy atom. The van der Waals surface area contributed by atoms with Gasteiger partial charge < -0.3 is 15.4 Å². The molecule has 3 aromatic rings. The number of benzene rings is 2. The minimum atomic E-state index is -1.13. The number of nitrogens with two attached hydrogens (primary N) is 1. The van der Waals surface area contributed by atoms with Gasteiger partial charge in [-0.25, -0.2) is 23.3 Å². The van der Waals surface area contributed by atoms with Crippen LogP contribution in [0.25, 0.3) is 10.9 Å². The maximum absolute atomic E-state index is 14.1. The summed E-state index contributed by atoms with van der Waals surface area (Å²) in [5, 5.41) is -0.0126. The van der Waals surface area contributed by atoms with Crippen molar-refractivity contribution >= 4 is 22.9 Å². The van der Waals surface area contributed by atoms with Crippen LogP contribution in [0.1, 0.15) is 41.6 Å². The van der Waals surface area contributed by atoms with E-state index >= 15 is 0 Å². The highest BCUT2D eigenvalue weighted by Crippen LogP contribution is 2.14. The monoisotopic (exact) mass is 482 g/mol. The quantitative estimate of drug-likeness (QED) is 0.408. The van der Waals surface area contributed by atoms with Crippen LogP contribution in [0.15, 0.2) is 52.1 Å². The number of ether oxygens (including phenoxy) is 1. The normalized spacial score (nSPS) is 14.2. The molecule has 2 heterocycles. The molecule has 2 aromatic carbocycles. The molecule has 1 aliphatic heterocycles. The number of hydrogen-bond acceptors (Lipinski definition) is 6. The summed E-state index contributed by atoms with van der Waals surface area (Å²) in [5.41, 5.74) is 3.75. The lowest BCUT2D eigenvalue weighted by Crippen LogP contribution is -2.44. The summed E-state index contributed by atoms with van der Waals surface area (Å²) in [6, 6.07) is 8.53. The van der Waals surface area contributed by atoms with Crippen LogP contribution < -0.4 is 17.0 Å². The first-order valence-corrected chi connectivity index (χ1v) is 11.6. The van der Waals surface area contributed by atoms with Crippen molar-refractivity contribution in [3.63, 3.8) is 0 Å². The number of likely N-dealkylation sites (tertiary alicyclic amines) is 1.